The molecule has 0 radical (unpaired) electrons. The van der Waals surface area contributed by atoms with Crippen LogP contribution in [0.5, 0.6) is 0 Å². The van der Waals surface area contributed by atoms with Gasteiger partial charge < -0.3 is 9.67 Å². The third-order valence-corrected chi connectivity index (χ3v) is 3.43. The third-order valence-electron chi connectivity index (χ3n) is 3.43. The molecule has 96 valence electrons. The molecule has 1 aromatic heterocycles. The topological polar surface area (TPSA) is 42.2 Å². The Balaban J connectivity index is 2.72. The van der Waals surface area contributed by atoms with E-state index in [1.165, 1.54) is 0 Å². The van der Waals surface area contributed by atoms with Crippen molar-refractivity contribution >= 4 is 16.9 Å². The van der Waals surface area contributed by atoms with Crippen LogP contribution < -0.4 is 0 Å². The molecular formula is C15H19NO2. The fourth-order valence-electron chi connectivity index (χ4n) is 2.47. The number of carbonyl (C=O) groups is 1. The number of carboxylic acids is 1. The van der Waals surface area contributed by atoms with Crippen molar-refractivity contribution in [2.45, 2.75) is 40.2 Å². The fourth-order valence-corrected chi connectivity index (χ4v) is 2.47. The van der Waals surface area contributed by atoms with Crippen molar-refractivity contribution < 1.29 is 9.90 Å². The van der Waals surface area contributed by atoms with Crippen LogP contribution >= 0.6 is 0 Å². The first-order chi connectivity index (χ1) is 8.56. The molecule has 18 heavy (non-hydrogen) atoms. The zero-order chi connectivity index (χ0) is 13.3. The van der Waals surface area contributed by atoms with Gasteiger partial charge >= 0.3 is 5.97 Å². The van der Waals surface area contributed by atoms with Crippen molar-refractivity contribution in [2.24, 2.45) is 0 Å². The maximum Gasteiger partial charge on any atom is 0.338 e. The molecule has 1 heterocycles. The number of aryl methyl sites for hydroxylation is 3. The zero-order valence-electron chi connectivity index (χ0n) is 11.2. The maximum atomic E-state index is 11.5. The summed E-state index contributed by atoms with van der Waals surface area (Å²) in [5.74, 6) is -0.839. The van der Waals surface area contributed by atoms with Crippen LogP contribution in [-0.4, -0.2) is 15.6 Å². The van der Waals surface area contributed by atoms with Crippen LogP contribution in [0.15, 0.2) is 18.2 Å². The van der Waals surface area contributed by atoms with Crippen LogP contribution in [0.25, 0.3) is 10.9 Å². The van der Waals surface area contributed by atoms with Crippen LogP contribution in [0.1, 0.15) is 41.4 Å². The zero-order valence-corrected chi connectivity index (χ0v) is 11.2. The number of hydrogen-bond acceptors (Lipinski definition) is 1. The number of aromatic carboxylic acids is 1. The summed E-state index contributed by atoms with van der Waals surface area (Å²) in [5.41, 5.74) is 3.27. The Hall–Kier alpha value is -1.77. The van der Waals surface area contributed by atoms with E-state index in [4.69, 9.17) is 0 Å². The highest BCUT2D eigenvalue weighted by Crippen LogP contribution is 2.26. The molecule has 0 bridgehead atoms. The second kappa shape index (κ2) is 4.84. The molecule has 0 spiro atoms. The highest BCUT2D eigenvalue weighted by Gasteiger charge is 2.16. The smallest absolute Gasteiger partial charge is 0.338 e. The normalized spacial score (nSPS) is 11.1. The lowest BCUT2D eigenvalue weighted by Crippen LogP contribution is -2.07. The van der Waals surface area contributed by atoms with Gasteiger partial charge in [-0.2, -0.15) is 0 Å². The van der Waals surface area contributed by atoms with Crippen molar-refractivity contribution in [3.63, 3.8) is 0 Å². The molecule has 2 rings (SSSR count). The van der Waals surface area contributed by atoms with Gasteiger partial charge in [0, 0.05) is 17.6 Å². The van der Waals surface area contributed by atoms with Crippen molar-refractivity contribution in [3.05, 3.63) is 35.0 Å². The first-order valence-electron chi connectivity index (χ1n) is 6.39. The van der Waals surface area contributed by atoms with E-state index in [0.29, 0.717) is 5.56 Å². The van der Waals surface area contributed by atoms with Gasteiger partial charge in [-0.15, -0.1) is 0 Å². The van der Waals surface area contributed by atoms with E-state index in [1.54, 1.807) is 0 Å². The van der Waals surface area contributed by atoms with E-state index in [9.17, 15) is 9.90 Å². The molecule has 0 aliphatic rings. The van der Waals surface area contributed by atoms with Gasteiger partial charge in [0.2, 0.25) is 0 Å². The Bertz CT molecular complexity index is 596. The molecule has 0 aliphatic carbocycles. The molecule has 1 aromatic carbocycles. The molecule has 3 heteroatoms. The Morgan fingerprint density at radius 1 is 1.33 bits per heavy atom. The number of fused-ring (bicyclic) bond motifs is 1. The summed E-state index contributed by atoms with van der Waals surface area (Å²) in [6.45, 7) is 6.92. The maximum absolute atomic E-state index is 11.5. The second-order valence-corrected chi connectivity index (χ2v) is 4.79. The molecule has 0 atom stereocenters. The molecule has 0 amide bonds. The molecule has 0 saturated heterocycles. The quantitative estimate of drug-likeness (QED) is 0.891. The minimum atomic E-state index is -0.839. The van der Waals surface area contributed by atoms with E-state index < -0.39 is 5.97 Å². The standard InChI is InChI=1S/C15H19NO2/c1-4-5-8-16-11(3)9-12-7-6-10(2)13(14(12)16)15(17)18/h6-7,9H,4-5,8H2,1-3H3,(H,17,18). The number of aromatic nitrogens is 1. The van der Waals surface area contributed by atoms with Gasteiger partial charge in [0.05, 0.1) is 11.1 Å². The van der Waals surface area contributed by atoms with Crippen LogP contribution in [0, 0.1) is 13.8 Å². The van der Waals surface area contributed by atoms with E-state index >= 15 is 0 Å². The molecule has 2 aromatic rings. The minimum absolute atomic E-state index is 0.441. The summed E-state index contributed by atoms with van der Waals surface area (Å²) in [7, 11) is 0. The largest absolute Gasteiger partial charge is 0.478 e. The average Bonchev–Trinajstić information content (AvgIpc) is 2.62. The van der Waals surface area contributed by atoms with Crippen molar-refractivity contribution in [1.29, 1.82) is 0 Å². The Labute approximate surface area is 107 Å². The Kier molecular flexibility index (Phi) is 3.41. The van der Waals surface area contributed by atoms with Gasteiger partial charge in [0.15, 0.2) is 0 Å². The first-order valence-corrected chi connectivity index (χ1v) is 6.39. The summed E-state index contributed by atoms with van der Waals surface area (Å²) in [6, 6.07) is 5.96. The minimum Gasteiger partial charge on any atom is -0.478 e. The number of hydrogen-bond donors (Lipinski definition) is 1. The lowest BCUT2D eigenvalue weighted by Gasteiger charge is -2.10. The second-order valence-electron chi connectivity index (χ2n) is 4.79. The van der Waals surface area contributed by atoms with E-state index in [1.807, 2.05) is 26.0 Å². The van der Waals surface area contributed by atoms with E-state index in [-0.39, 0.29) is 0 Å². The van der Waals surface area contributed by atoms with Crippen LogP contribution in [0.4, 0.5) is 0 Å². The molecule has 0 fully saturated rings. The number of nitrogens with zero attached hydrogens (tertiary/aromatic N) is 1. The van der Waals surface area contributed by atoms with Gasteiger partial charge in [-0.1, -0.05) is 25.5 Å². The monoisotopic (exact) mass is 245 g/mol. The number of unbranched alkanes of at least 4 members (excludes halogenated alkanes) is 1. The number of carboxylic acid groups (broad SMARTS) is 1. The Morgan fingerprint density at radius 3 is 2.67 bits per heavy atom. The molecule has 3 nitrogen and oxygen atoms in total. The Morgan fingerprint density at radius 2 is 2.06 bits per heavy atom. The summed E-state index contributed by atoms with van der Waals surface area (Å²) in [4.78, 5) is 11.5. The summed E-state index contributed by atoms with van der Waals surface area (Å²) >= 11 is 0. The van der Waals surface area contributed by atoms with Crippen LogP contribution in [-0.2, 0) is 6.54 Å². The fraction of sp³-hybridized carbons (Fsp3) is 0.400. The number of benzene rings is 1. The summed E-state index contributed by atoms with van der Waals surface area (Å²) < 4.78 is 2.13. The highest BCUT2D eigenvalue weighted by molar-refractivity contribution is 6.04. The molecular weight excluding hydrogens is 226 g/mol. The van der Waals surface area contributed by atoms with Gasteiger partial charge in [0.25, 0.3) is 0 Å². The van der Waals surface area contributed by atoms with Gasteiger partial charge in [-0.25, -0.2) is 4.79 Å². The van der Waals surface area contributed by atoms with Crippen LogP contribution in [0.2, 0.25) is 0 Å². The molecule has 0 unspecified atom stereocenters. The van der Waals surface area contributed by atoms with Crippen molar-refractivity contribution in [1.82, 2.24) is 4.57 Å². The van der Waals surface area contributed by atoms with Gasteiger partial charge in [-0.05, 0) is 31.9 Å². The van der Waals surface area contributed by atoms with Crippen molar-refractivity contribution in [3.8, 4) is 0 Å². The van der Waals surface area contributed by atoms with Crippen molar-refractivity contribution in [2.75, 3.05) is 0 Å². The first kappa shape index (κ1) is 12.7. The molecule has 1 N–H and O–H groups in total. The predicted molar refractivity (Wildman–Crippen MR) is 73.3 cm³/mol. The van der Waals surface area contributed by atoms with E-state index in [0.717, 1.165) is 41.5 Å². The average molecular weight is 245 g/mol. The lowest BCUT2D eigenvalue weighted by atomic mass is 10.1. The van der Waals surface area contributed by atoms with Crippen LogP contribution in [0.3, 0.4) is 0 Å². The SMILES string of the molecule is CCCCn1c(C)cc2ccc(C)c(C(=O)O)c21. The van der Waals surface area contributed by atoms with Gasteiger partial charge in [-0.3, -0.25) is 0 Å². The predicted octanol–water partition coefficient (Wildman–Crippen LogP) is 3.76. The molecule has 0 aliphatic heterocycles. The molecule has 0 saturated carbocycles. The highest BCUT2D eigenvalue weighted by atomic mass is 16.4. The van der Waals surface area contributed by atoms with Gasteiger partial charge in [0.1, 0.15) is 0 Å². The summed E-state index contributed by atoms with van der Waals surface area (Å²) in [5, 5.41) is 10.4. The third kappa shape index (κ3) is 2.01. The lowest BCUT2D eigenvalue weighted by molar-refractivity contribution is 0.0698. The van der Waals surface area contributed by atoms with E-state index in [2.05, 4.69) is 17.6 Å². The number of rotatable bonds is 4. The summed E-state index contributed by atoms with van der Waals surface area (Å²) in [6.07, 6.45) is 2.17.